The summed E-state index contributed by atoms with van der Waals surface area (Å²) in [5.74, 6) is 0.133. The molecule has 1 N–H and O–H groups in total. The molecule has 0 atom stereocenters. The van der Waals surface area contributed by atoms with Crippen molar-refractivity contribution in [3.63, 3.8) is 0 Å². The first-order valence-electron chi connectivity index (χ1n) is 8.09. The van der Waals surface area contributed by atoms with Gasteiger partial charge in [-0.3, -0.25) is 14.4 Å². The second-order valence-corrected chi connectivity index (χ2v) is 6.19. The summed E-state index contributed by atoms with van der Waals surface area (Å²) in [6.45, 7) is 5.12. The van der Waals surface area contributed by atoms with Gasteiger partial charge in [0.15, 0.2) is 17.9 Å². The maximum atomic E-state index is 12.2. The summed E-state index contributed by atoms with van der Waals surface area (Å²) in [6.07, 6.45) is 3.69. The molecule has 7 heteroatoms. The topological polar surface area (TPSA) is 93.4 Å². The van der Waals surface area contributed by atoms with Crippen molar-refractivity contribution in [2.24, 2.45) is 0 Å². The van der Waals surface area contributed by atoms with Gasteiger partial charge in [0.25, 0.3) is 0 Å². The summed E-state index contributed by atoms with van der Waals surface area (Å²) < 4.78 is 1.59. The van der Waals surface area contributed by atoms with E-state index in [1.54, 1.807) is 22.8 Å². The standard InChI is InChI=1S/C19H18N4O3/c1-11-4-5-14(17(26)6-12(2)25)7-16(11)22-19-18-13(3)15(9-24)8-23(18)21-10-20-19/h4-5,7-10H,6H2,1-3H3,(H,20,21,22). The van der Waals surface area contributed by atoms with Crippen LogP contribution in [0.4, 0.5) is 11.5 Å². The normalized spacial score (nSPS) is 10.7. The Balaban J connectivity index is 2.03. The average Bonchev–Trinajstić information content (AvgIpc) is 2.93. The number of hydrogen-bond acceptors (Lipinski definition) is 6. The van der Waals surface area contributed by atoms with Gasteiger partial charge in [-0.15, -0.1) is 0 Å². The number of Topliss-reactive ketones (excluding diaryl/α,β-unsaturated/α-hetero) is 2. The van der Waals surface area contributed by atoms with E-state index in [0.717, 1.165) is 17.4 Å². The highest BCUT2D eigenvalue weighted by molar-refractivity contribution is 6.07. The first kappa shape index (κ1) is 17.5. The molecule has 1 aromatic carbocycles. The Morgan fingerprint density at radius 1 is 1.27 bits per heavy atom. The first-order valence-corrected chi connectivity index (χ1v) is 8.09. The lowest BCUT2D eigenvalue weighted by Crippen LogP contribution is -2.06. The van der Waals surface area contributed by atoms with Crippen molar-refractivity contribution in [2.45, 2.75) is 27.2 Å². The van der Waals surface area contributed by atoms with Gasteiger partial charge in [0.1, 0.15) is 17.6 Å². The predicted molar refractivity (Wildman–Crippen MR) is 97.2 cm³/mol. The number of carbonyl (C=O) groups is 3. The fraction of sp³-hybridized carbons (Fsp3) is 0.211. The molecule has 0 aliphatic carbocycles. The molecule has 7 nitrogen and oxygen atoms in total. The highest BCUT2D eigenvalue weighted by atomic mass is 16.1. The van der Waals surface area contributed by atoms with Crippen LogP contribution in [0, 0.1) is 13.8 Å². The third-order valence-corrected chi connectivity index (χ3v) is 4.21. The molecule has 0 spiro atoms. The molecule has 2 aromatic heterocycles. The van der Waals surface area contributed by atoms with Crippen LogP contribution < -0.4 is 5.32 Å². The van der Waals surface area contributed by atoms with Crippen molar-refractivity contribution >= 4 is 34.9 Å². The molecular formula is C19H18N4O3. The van der Waals surface area contributed by atoms with Gasteiger partial charge in [-0.25, -0.2) is 9.50 Å². The molecule has 0 bridgehead atoms. The summed E-state index contributed by atoms with van der Waals surface area (Å²) in [4.78, 5) is 38.8. The van der Waals surface area contributed by atoms with Crippen LogP contribution in [0.15, 0.2) is 30.7 Å². The number of fused-ring (bicyclic) bond motifs is 1. The molecule has 132 valence electrons. The van der Waals surface area contributed by atoms with E-state index in [2.05, 4.69) is 15.4 Å². The van der Waals surface area contributed by atoms with Gasteiger partial charge in [0.2, 0.25) is 0 Å². The van der Waals surface area contributed by atoms with E-state index in [-0.39, 0.29) is 18.0 Å². The molecule has 2 heterocycles. The molecule has 0 radical (unpaired) electrons. The van der Waals surface area contributed by atoms with Gasteiger partial charge in [0, 0.05) is 23.0 Å². The van der Waals surface area contributed by atoms with Crippen molar-refractivity contribution in [1.82, 2.24) is 14.6 Å². The number of rotatable bonds is 6. The monoisotopic (exact) mass is 350 g/mol. The number of nitrogens with zero attached hydrogens (tertiary/aromatic N) is 3. The van der Waals surface area contributed by atoms with Crippen LogP contribution in [-0.2, 0) is 4.79 Å². The Kier molecular flexibility index (Phi) is 4.62. The summed E-state index contributed by atoms with van der Waals surface area (Å²) >= 11 is 0. The van der Waals surface area contributed by atoms with Gasteiger partial charge >= 0.3 is 0 Å². The molecule has 0 unspecified atom stereocenters. The van der Waals surface area contributed by atoms with Gasteiger partial charge in [-0.05, 0) is 38.0 Å². The van der Waals surface area contributed by atoms with Crippen LogP contribution in [-0.4, -0.2) is 32.5 Å². The van der Waals surface area contributed by atoms with Crippen LogP contribution in [0.1, 0.15) is 45.2 Å². The molecule has 0 aliphatic heterocycles. The number of nitrogens with one attached hydrogen (secondary N) is 1. The largest absolute Gasteiger partial charge is 0.338 e. The molecular weight excluding hydrogens is 332 g/mol. The minimum Gasteiger partial charge on any atom is -0.338 e. The summed E-state index contributed by atoms with van der Waals surface area (Å²) in [7, 11) is 0. The fourth-order valence-electron chi connectivity index (χ4n) is 2.78. The average molecular weight is 350 g/mol. The molecule has 0 saturated heterocycles. The van der Waals surface area contributed by atoms with E-state index < -0.39 is 0 Å². The van der Waals surface area contributed by atoms with Crippen molar-refractivity contribution in [2.75, 3.05) is 5.32 Å². The minimum absolute atomic E-state index is 0.124. The summed E-state index contributed by atoms with van der Waals surface area (Å²) in [5, 5.41) is 7.35. The van der Waals surface area contributed by atoms with Gasteiger partial charge in [0.05, 0.1) is 6.42 Å². The maximum absolute atomic E-state index is 12.2. The van der Waals surface area contributed by atoms with Crippen LogP contribution >= 0.6 is 0 Å². The lowest BCUT2D eigenvalue weighted by atomic mass is 10.0. The maximum Gasteiger partial charge on any atom is 0.170 e. The van der Waals surface area contributed by atoms with Crippen molar-refractivity contribution in [3.05, 3.63) is 53.0 Å². The van der Waals surface area contributed by atoms with Gasteiger partial charge in [-0.2, -0.15) is 5.10 Å². The molecule has 0 amide bonds. The number of hydrogen-bond donors (Lipinski definition) is 1. The second kappa shape index (κ2) is 6.87. The number of benzene rings is 1. The lowest BCUT2D eigenvalue weighted by molar-refractivity contribution is -0.116. The predicted octanol–water partition coefficient (Wildman–Crippen LogP) is 3.06. The number of aryl methyl sites for hydroxylation is 2. The van der Waals surface area contributed by atoms with Crippen LogP contribution in [0.5, 0.6) is 0 Å². The number of carbonyl (C=O) groups excluding carboxylic acids is 3. The fourth-order valence-corrected chi connectivity index (χ4v) is 2.78. The Bertz CT molecular complexity index is 1040. The number of anilines is 2. The van der Waals surface area contributed by atoms with E-state index in [0.29, 0.717) is 28.1 Å². The van der Waals surface area contributed by atoms with E-state index >= 15 is 0 Å². The molecule has 3 aromatic rings. The number of ketones is 2. The SMILES string of the molecule is CC(=O)CC(=O)c1ccc(C)c(Nc2ncnn3cc(C=O)c(C)c23)c1. The highest BCUT2D eigenvalue weighted by Crippen LogP contribution is 2.27. The van der Waals surface area contributed by atoms with E-state index in [1.807, 2.05) is 19.9 Å². The van der Waals surface area contributed by atoms with E-state index in [1.165, 1.54) is 13.3 Å². The van der Waals surface area contributed by atoms with E-state index in [4.69, 9.17) is 0 Å². The van der Waals surface area contributed by atoms with Crippen LogP contribution in [0.25, 0.3) is 5.52 Å². The van der Waals surface area contributed by atoms with E-state index in [9.17, 15) is 14.4 Å². The zero-order valence-electron chi connectivity index (χ0n) is 14.7. The molecule has 26 heavy (non-hydrogen) atoms. The van der Waals surface area contributed by atoms with Crippen molar-refractivity contribution < 1.29 is 14.4 Å². The van der Waals surface area contributed by atoms with Crippen LogP contribution in [0.2, 0.25) is 0 Å². The summed E-state index contributed by atoms with van der Waals surface area (Å²) in [6, 6.07) is 5.22. The second-order valence-electron chi connectivity index (χ2n) is 6.19. The zero-order valence-corrected chi connectivity index (χ0v) is 14.7. The Hall–Kier alpha value is -3.35. The molecule has 0 aliphatic rings. The molecule has 0 fully saturated rings. The quantitative estimate of drug-likeness (QED) is 0.417. The van der Waals surface area contributed by atoms with Crippen molar-refractivity contribution in [3.8, 4) is 0 Å². The molecule has 3 rings (SSSR count). The third kappa shape index (κ3) is 3.23. The van der Waals surface area contributed by atoms with Crippen molar-refractivity contribution in [1.29, 1.82) is 0 Å². The minimum atomic E-state index is -0.226. The Labute approximate surface area is 150 Å². The summed E-state index contributed by atoms with van der Waals surface area (Å²) in [5.41, 5.74) is 4.07. The third-order valence-electron chi connectivity index (χ3n) is 4.21. The lowest BCUT2D eigenvalue weighted by Gasteiger charge is -2.12. The van der Waals surface area contributed by atoms with Gasteiger partial charge in [-0.1, -0.05) is 12.1 Å². The first-order chi connectivity index (χ1) is 12.4. The van der Waals surface area contributed by atoms with Crippen LogP contribution in [0.3, 0.4) is 0 Å². The van der Waals surface area contributed by atoms with Gasteiger partial charge < -0.3 is 5.32 Å². The number of aromatic nitrogens is 3. The molecule has 0 saturated carbocycles. The number of aldehydes is 1. The highest BCUT2D eigenvalue weighted by Gasteiger charge is 2.15. The smallest absolute Gasteiger partial charge is 0.170 e. The Morgan fingerprint density at radius 3 is 2.73 bits per heavy atom. The zero-order chi connectivity index (χ0) is 18.8. The Morgan fingerprint density at radius 2 is 2.04 bits per heavy atom.